The molecule has 0 unspecified atom stereocenters. The summed E-state index contributed by atoms with van der Waals surface area (Å²) >= 11 is 0. The summed E-state index contributed by atoms with van der Waals surface area (Å²) in [5.74, 6) is -0.600. The van der Waals surface area contributed by atoms with Crippen LogP contribution in [0.2, 0.25) is 0 Å². The Labute approximate surface area is 218 Å². The fraction of sp³-hybridized carbons (Fsp3) is 0.185. The van der Waals surface area contributed by atoms with Crippen molar-refractivity contribution >= 4 is 43.6 Å². The van der Waals surface area contributed by atoms with Crippen LogP contribution >= 0.6 is 0 Å². The molecule has 0 fully saturated rings. The van der Waals surface area contributed by atoms with E-state index in [9.17, 15) is 22.7 Å². The lowest BCUT2D eigenvalue weighted by Gasteiger charge is -2.21. The minimum Gasteiger partial charge on any atom is -0.455 e. The van der Waals surface area contributed by atoms with Crippen molar-refractivity contribution in [3.8, 4) is 22.5 Å². The van der Waals surface area contributed by atoms with Gasteiger partial charge in [-0.1, -0.05) is 6.07 Å². The molecule has 9 nitrogen and oxygen atoms in total. The molecule has 1 amide bonds. The first-order chi connectivity index (χ1) is 18.1. The number of aliphatic hydroxyl groups is 1. The molecule has 2 N–H and O–H groups in total. The van der Waals surface area contributed by atoms with Gasteiger partial charge in [0, 0.05) is 43.2 Å². The largest absolute Gasteiger partial charge is 0.455 e. The number of amides is 1. The number of nitrogens with zero attached hydrogens (tertiary/aromatic N) is 3. The molecule has 196 valence electrons. The first-order valence-electron chi connectivity index (χ1n) is 11.7. The molecule has 0 aliphatic heterocycles. The number of fused-ring (bicyclic) bond motifs is 2. The molecule has 0 atom stereocenters. The van der Waals surface area contributed by atoms with E-state index < -0.39 is 21.7 Å². The Morgan fingerprint density at radius 2 is 1.84 bits per heavy atom. The zero-order valence-electron chi connectivity index (χ0n) is 20.9. The molecule has 0 saturated heterocycles. The number of nitrogens with one attached hydrogen (secondary N) is 1. The number of rotatable bonds is 7. The van der Waals surface area contributed by atoms with Crippen LogP contribution in [-0.4, -0.2) is 55.9 Å². The Kier molecular flexibility index (Phi) is 6.41. The van der Waals surface area contributed by atoms with E-state index in [2.05, 4.69) is 10.3 Å². The summed E-state index contributed by atoms with van der Waals surface area (Å²) in [6, 6.07) is 14.4. The standard InChI is InChI=1S/C27H25FN4O5S/c1-29-27(34)25-20-13-19(17-6-9-21-23(12-17)32(10-11-33)15-30-21)22(31(2)38(3,35)36)14-24(20)37-26(25)16-4-7-18(28)8-5-16/h4-9,12-15,33H,10-11H2,1-3H3,(H,29,34). The molecular formula is C27H25FN4O5S. The van der Waals surface area contributed by atoms with Gasteiger partial charge < -0.3 is 19.4 Å². The molecule has 0 radical (unpaired) electrons. The van der Waals surface area contributed by atoms with Gasteiger partial charge in [0.1, 0.15) is 17.2 Å². The number of furan rings is 1. The third kappa shape index (κ3) is 4.39. The lowest BCUT2D eigenvalue weighted by atomic mass is 9.98. The number of benzene rings is 3. The van der Waals surface area contributed by atoms with Crippen molar-refractivity contribution in [1.29, 1.82) is 0 Å². The quantitative estimate of drug-likeness (QED) is 0.325. The minimum absolute atomic E-state index is 0.0691. The van der Waals surface area contributed by atoms with Crippen molar-refractivity contribution in [2.75, 3.05) is 31.3 Å². The molecule has 38 heavy (non-hydrogen) atoms. The van der Waals surface area contributed by atoms with Crippen LogP contribution in [0.3, 0.4) is 0 Å². The normalized spacial score (nSPS) is 11.8. The van der Waals surface area contributed by atoms with Crippen LogP contribution in [0.1, 0.15) is 10.4 Å². The summed E-state index contributed by atoms with van der Waals surface area (Å²) in [4.78, 5) is 17.4. The first-order valence-corrected chi connectivity index (χ1v) is 13.6. The summed E-state index contributed by atoms with van der Waals surface area (Å²) in [6.07, 6.45) is 2.73. The van der Waals surface area contributed by atoms with Crippen LogP contribution in [0.4, 0.5) is 10.1 Å². The molecule has 2 heterocycles. The monoisotopic (exact) mass is 536 g/mol. The van der Waals surface area contributed by atoms with Gasteiger partial charge in [-0.15, -0.1) is 0 Å². The molecule has 3 aromatic carbocycles. The number of hydrogen-bond donors (Lipinski definition) is 2. The van der Waals surface area contributed by atoms with Gasteiger partial charge in [0.2, 0.25) is 10.0 Å². The average molecular weight is 537 g/mol. The van der Waals surface area contributed by atoms with Crippen molar-refractivity contribution < 1.29 is 27.1 Å². The highest BCUT2D eigenvalue weighted by molar-refractivity contribution is 7.92. The van der Waals surface area contributed by atoms with E-state index in [4.69, 9.17) is 4.42 Å². The smallest absolute Gasteiger partial charge is 0.255 e. The maximum Gasteiger partial charge on any atom is 0.255 e. The van der Waals surface area contributed by atoms with E-state index in [0.717, 1.165) is 16.1 Å². The summed E-state index contributed by atoms with van der Waals surface area (Å²) in [7, 11) is -0.724. The van der Waals surface area contributed by atoms with E-state index in [1.807, 2.05) is 18.2 Å². The number of anilines is 1. The maximum absolute atomic E-state index is 13.6. The number of carbonyl (C=O) groups excluding carboxylic acids is 1. The number of sulfonamides is 1. The molecule has 0 bridgehead atoms. The number of aliphatic hydroxyl groups excluding tert-OH is 1. The van der Waals surface area contributed by atoms with Crippen molar-refractivity contribution in [1.82, 2.24) is 14.9 Å². The zero-order valence-corrected chi connectivity index (χ0v) is 21.7. The summed E-state index contributed by atoms with van der Waals surface area (Å²) in [5.41, 5.74) is 4.08. The van der Waals surface area contributed by atoms with E-state index >= 15 is 0 Å². The van der Waals surface area contributed by atoms with Crippen LogP contribution in [0.15, 0.2) is 65.3 Å². The first kappa shape index (κ1) is 25.4. The number of hydrogen-bond acceptors (Lipinski definition) is 6. The van der Waals surface area contributed by atoms with Crippen molar-refractivity contribution in [2.45, 2.75) is 6.54 Å². The predicted molar refractivity (Wildman–Crippen MR) is 144 cm³/mol. The Morgan fingerprint density at radius 1 is 1.13 bits per heavy atom. The molecule has 5 rings (SSSR count). The van der Waals surface area contributed by atoms with Crippen molar-refractivity contribution in [3.63, 3.8) is 0 Å². The topological polar surface area (TPSA) is 118 Å². The second-order valence-electron chi connectivity index (χ2n) is 8.85. The van der Waals surface area contributed by atoms with Crippen molar-refractivity contribution in [2.24, 2.45) is 0 Å². The van der Waals surface area contributed by atoms with Crippen LogP contribution in [-0.2, 0) is 16.6 Å². The highest BCUT2D eigenvalue weighted by atomic mass is 32.2. The number of imidazole rings is 1. The van der Waals surface area contributed by atoms with Gasteiger partial charge in [-0.05, 0) is 48.0 Å². The average Bonchev–Trinajstić information content (AvgIpc) is 3.47. The lowest BCUT2D eigenvalue weighted by molar-refractivity contribution is 0.0964. The second-order valence-corrected chi connectivity index (χ2v) is 10.9. The van der Waals surface area contributed by atoms with Gasteiger partial charge in [-0.2, -0.15) is 0 Å². The molecule has 0 saturated carbocycles. The number of halogens is 1. The third-order valence-electron chi connectivity index (χ3n) is 6.48. The van der Waals surface area contributed by atoms with Gasteiger partial charge in [0.05, 0.1) is 41.5 Å². The highest BCUT2D eigenvalue weighted by Crippen LogP contribution is 2.41. The molecule has 2 aromatic heterocycles. The second kappa shape index (κ2) is 9.58. The molecule has 0 aliphatic rings. The summed E-state index contributed by atoms with van der Waals surface area (Å²) in [5, 5.41) is 12.5. The Hall–Kier alpha value is -4.22. The van der Waals surface area contributed by atoms with Gasteiger partial charge in [0.15, 0.2) is 0 Å². The Morgan fingerprint density at radius 3 is 2.50 bits per heavy atom. The predicted octanol–water partition coefficient (Wildman–Crippen LogP) is 4.00. The Bertz CT molecular complexity index is 1790. The summed E-state index contributed by atoms with van der Waals surface area (Å²) in [6.45, 7) is 0.277. The molecule has 0 aliphatic carbocycles. The molecular weight excluding hydrogens is 511 g/mol. The molecule has 11 heteroatoms. The highest BCUT2D eigenvalue weighted by Gasteiger charge is 2.26. The van der Waals surface area contributed by atoms with Gasteiger partial charge in [0.25, 0.3) is 5.91 Å². The number of aromatic nitrogens is 2. The third-order valence-corrected chi connectivity index (χ3v) is 7.67. The van der Waals surface area contributed by atoms with Crippen LogP contribution in [0.5, 0.6) is 0 Å². The fourth-order valence-corrected chi connectivity index (χ4v) is 4.98. The zero-order chi connectivity index (χ0) is 27.2. The fourth-order valence-electron chi connectivity index (χ4n) is 4.47. The minimum atomic E-state index is -3.66. The van der Waals surface area contributed by atoms with Crippen LogP contribution in [0, 0.1) is 5.82 Å². The lowest BCUT2D eigenvalue weighted by Crippen LogP contribution is -2.25. The van der Waals surface area contributed by atoms with Crippen molar-refractivity contribution in [3.05, 3.63) is 72.3 Å². The van der Waals surface area contributed by atoms with Gasteiger partial charge >= 0.3 is 0 Å². The van der Waals surface area contributed by atoms with Crippen LogP contribution in [0.25, 0.3) is 44.5 Å². The van der Waals surface area contributed by atoms with E-state index in [1.165, 1.54) is 38.4 Å². The SMILES string of the molecule is CNC(=O)c1c(-c2ccc(F)cc2)oc2cc(N(C)S(C)(=O)=O)c(-c3ccc4ncn(CCO)c4c3)cc12. The molecule has 5 aromatic rings. The van der Waals surface area contributed by atoms with E-state index in [-0.39, 0.29) is 17.9 Å². The van der Waals surface area contributed by atoms with Crippen LogP contribution < -0.4 is 9.62 Å². The Balaban J connectivity index is 1.83. The number of carbonyl (C=O) groups is 1. The molecule has 0 spiro atoms. The maximum atomic E-state index is 13.6. The van der Waals surface area contributed by atoms with E-state index in [1.54, 1.807) is 23.0 Å². The van der Waals surface area contributed by atoms with Gasteiger partial charge in [-0.25, -0.2) is 17.8 Å². The van der Waals surface area contributed by atoms with E-state index in [0.29, 0.717) is 45.4 Å². The van der Waals surface area contributed by atoms with Gasteiger partial charge in [-0.3, -0.25) is 9.10 Å². The summed E-state index contributed by atoms with van der Waals surface area (Å²) < 4.78 is 47.8.